The number of hydrogen-bond acceptors (Lipinski definition) is 8. The second-order valence-electron chi connectivity index (χ2n) is 8.60. The predicted molar refractivity (Wildman–Crippen MR) is 138 cm³/mol. The molecule has 194 valence electrons. The normalized spacial score (nSPS) is 21.2. The molecule has 0 unspecified atom stereocenters. The standard InChI is InChI=1S/C25H29Cl2FN4O4/c1-15(33-3)6-19-23(29-14-30-25(19)31-24-9-21(27)20(26)8-22(24)28)7-16(2)35-13-18-10-32-4-5-34-11-17(32)12-36-18/h6-9,14,17-18H,4-5,10-13H2,1-3H3,(H,29,30,31)/b15-6+,16-7+/t17-,18+/m0/s1. The molecule has 3 heterocycles. The van der Waals surface area contributed by atoms with Crippen LogP contribution in [0.15, 0.2) is 30.0 Å². The van der Waals surface area contributed by atoms with Gasteiger partial charge in [-0.1, -0.05) is 23.2 Å². The number of nitrogens with one attached hydrogen (secondary N) is 1. The smallest absolute Gasteiger partial charge is 0.148 e. The van der Waals surface area contributed by atoms with Crippen LogP contribution >= 0.6 is 23.2 Å². The Balaban J connectivity index is 1.53. The molecular weight excluding hydrogens is 510 g/mol. The van der Waals surface area contributed by atoms with Gasteiger partial charge >= 0.3 is 0 Å². The molecule has 1 aromatic heterocycles. The average molecular weight is 539 g/mol. The molecule has 1 aromatic carbocycles. The molecule has 0 bridgehead atoms. The summed E-state index contributed by atoms with van der Waals surface area (Å²) < 4.78 is 37.4. The van der Waals surface area contributed by atoms with Crippen molar-refractivity contribution < 1.29 is 23.3 Å². The van der Waals surface area contributed by atoms with Crippen molar-refractivity contribution in [3.8, 4) is 0 Å². The zero-order chi connectivity index (χ0) is 25.7. The van der Waals surface area contributed by atoms with E-state index in [0.29, 0.717) is 54.5 Å². The maximum absolute atomic E-state index is 14.5. The van der Waals surface area contributed by atoms with Crippen LogP contribution in [0.3, 0.4) is 0 Å². The highest BCUT2D eigenvalue weighted by atomic mass is 35.5. The fourth-order valence-electron chi connectivity index (χ4n) is 3.98. The summed E-state index contributed by atoms with van der Waals surface area (Å²) in [4.78, 5) is 11.1. The first-order valence-corrected chi connectivity index (χ1v) is 12.3. The van der Waals surface area contributed by atoms with Gasteiger partial charge in [0.2, 0.25) is 0 Å². The Morgan fingerprint density at radius 1 is 1.19 bits per heavy atom. The second kappa shape index (κ2) is 12.2. The number of halogens is 3. The highest BCUT2D eigenvalue weighted by molar-refractivity contribution is 6.42. The van der Waals surface area contributed by atoms with Gasteiger partial charge < -0.3 is 24.3 Å². The van der Waals surface area contributed by atoms with E-state index < -0.39 is 5.82 Å². The molecule has 8 nitrogen and oxygen atoms in total. The summed E-state index contributed by atoms with van der Waals surface area (Å²) in [6.45, 7) is 7.87. The van der Waals surface area contributed by atoms with Crippen LogP contribution < -0.4 is 5.32 Å². The van der Waals surface area contributed by atoms with Gasteiger partial charge in [0.05, 0.1) is 65.9 Å². The minimum atomic E-state index is -0.562. The molecule has 0 aliphatic carbocycles. The van der Waals surface area contributed by atoms with Gasteiger partial charge in [0, 0.05) is 24.7 Å². The molecule has 36 heavy (non-hydrogen) atoms. The molecule has 2 saturated heterocycles. The van der Waals surface area contributed by atoms with Crippen molar-refractivity contribution in [2.75, 3.05) is 51.9 Å². The second-order valence-corrected chi connectivity index (χ2v) is 9.41. The van der Waals surface area contributed by atoms with E-state index in [0.717, 1.165) is 25.8 Å². The maximum atomic E-state index is 14.5. The van der Waals surface area contributed by atoms with E-state index in [1.807, 2.05) is 6.92 Å². The molecule has 2 fully saturated rings. The van der Waals surface area contributed by atoms with Gasteiger partial charge in [-0.05, 0) is 32.1 Å². The maximum Gasteiger partial charge on any atom is 0.148 e. The molecule has 0 radical (unpaired) electrons. The summed E-state index contributed by atoms with van der Waals surface area (Å²) in [6.07, 6.45) is 4.92. The number of aromatic nitrogens is 2. The molecule has 2 aliphatic rings. The third-order valence-corrected chi connectivity index (χ3v) is 6.72. The van der Waals surface area contributed by atoms with Gasteiger partial charge in [-0.25, -0.2) is 14.4 Å². The Hall–Kier alpha value is -2.43. The van der Waals surface area contributed by atoms with Crippen LogP contribution in [0.1, 0.15) is 25.1 Å². The van der Waals surface area contributed by atoms with Gasteiger partial charge in [-0.2, -0.15) is 0 Å². The number of nitrogens with zero attached hydrogens (tertiary/aromatic N) is 3. The van der Waals surface area contributed by atoms with Crippen molar-refractivity contribution in [1.29, 1.82) is 0 Å². The van der Waals surface area contributed by atoms with Crippen molar-refractivity contribution in [3.05, 3.63) is 57.1 Å². The number of fused-ring (bicyclic) bond motifs is 1. The first kappa shape index (κ1) is 26.6. The Morgan fingerprint density at radius 2 is 2.00 bits per heavy atom. The summed E-state index contributed by atoms with van der Waals surface area (Å²) in [7, 11) is 1.56. The van der Waals surface area contributed by atoms with Crippen molar-refractivity contribution in [2.24, 2.45) is 0 Å². The number of hydrogen-bond donors (Lipinski definition) is 1. The monoisotopic (exact) mass is 538 g/mol. The molecule has 11 heteroatoms. The largest absolute Gasteiger partial charge is 0.501 e. The van der Waals surface area contributed by atoms with Gasteiger partial charge in [0.1, 0.15) is 30.7 Å². The molecule has 0 amide bonds. The number of anilines is 2. The predicted octanol–water partition coefficient (Wildman–Crippen LogP) is 5.15. The third kappa shape index (κ3) is 6.66. The topological polar surface area (TPSA) is 78.0 Å². The first-order valence-electron chi connectivity index (χ1n) is 11.6. The molecule has 1 N–H and O–H groups in total. The zero-order valence-corrected chi connectivity index (χ0v) is 21.9. The number of morpholine rings is 2. The SMILES string of the molecule is CO/C(C)=C/c1c(/C=C(\C)OC[C@H]2CN3CCOC[C@H]3CO2)ncnc1Nc1cc(Cl)c(Cl)cc1F. The van der Waals surface area contributed by atoms with Crippen molar-refractivity contribution in [1.82, 2.24) is 14.9 Å². The molecule has 4 rings (SSSR count). The van der Waals surface area contributed by atoms with Crippen molar-refractivity contribution in [2.45, 2.75) is 26.0 Å². The third-order valence-electron chi connectivity index (χ3n) is 6.00. The molecule has 0 saturated carbocycles. The van der Waals surface area contributed by atoms with Gasteiger partial charge in [-0.15, -0.1) is 0 Å². The van der Waals surface area contributed by atoms with Crippen LogP contribution in [0.5, 0.6) is 0 Å². The number of benzene rings is 1. The van der Waals surface area contributed by atoms with Crippen molar-refractivity contribution >= 4 is 46.9 Å². The van der Waals surface area contributed by atoms with E-state index in [-0.39, 0.29) is 21.8 Å². The van der Waals surface area contributed by atoms with Crippen LogP contribution in [-0.2, 0) is 18.9 Å². The van der Waals surface area contributed by atoms with Crippen LogP contribution in [0.2, 0.25) is 10.0 Å². The lowest BCUT2D eigenvalue weighted by molar-refractivity contribution is -0.128. The Bertz CT molecular complexity index is 1150. The minimum Gasteiger partial charge on any atom is -0.501 e. The molecular formula is C25H29Cl2FN4O4. The molecule has 2 aromatic rings. The van der Waals surface area contributed by atoms with Crippen molar-refractivity contribution in [3.63, 3.8) is 0 Å². The number of ether oxygens (including phenoxy) is 4. The fourth-order valence-corrected chi connectivity index (χ4v) is 4.29. The Morgan fingerprint density at radius 3 is 2.81 bits per heavy atom. The average Bonchev–Trinajstić information content (AvgIpc) is 2.87. The van der Waals surface area contributed by atoms with Crippen LogP contribution in [-0.4, -0.2) is 73.6 Å². The van der Waals surface area contributed by atoms with E-state index in [9.17, 15) is 4.39 Å². The van der Waals surface area contributed by atoms with Crippen LogP contribution in [0, 0.1) is 5.82 Å². The summed E-state index contributed by atoms with van der Waals surface area (Å²) in [5.41, 5.74) is 1.29. The first-order chi connectivity index (χ1) is 17.3. The van der Waals surface area contributed by atoms with E-state index in [2.05, 4.69) is 20.2 Å². The van der Waals surface area contributed by atoms with Gasteiger partial charge in [0.15, 0.2) is 0 Å². The summed E-state index contributed by atoms with van der Waals surface area (Å²) in [5.74, 6) is 1.07. The van der Waals surface area contributed by atoms with Gasteiger partial charge in [-0.3, -0.25) is 4.90 Å². The van der Waals surface area contributed by atoms with E-state index in [4.69, 9.17) is 42.1 Å². The molecule has 0 spiro atoms. The quantitative estimate of drug-likeness (QED) is 0.365. The Kier molecular flexibility index (Phi) is 9.03. The van der Waals surface area contributed by atoms with E-state index in [1.54, 1.807) is 26.2 Å². The molecule has 2 aliphatic heterocycles. The lowest BCUT2D eigenvalue weighted by atomic mass is 10.1. The fraction of sp³-hybridized carbons (Fsp3) is 0.440. The van der Waals surface area contributed by atoms with Crippen LogP contribution in [0.25, 0.3) is 12.2 Å². The minimum absolute atomic E-state index is 0.0296. The van der Waals surface area contributed by atoms with E-state index >= 15 is 0 Å². The molecule has 2 atom stereocenters. The Labute approximate surface area is 220 Å². The zero-order valence-electron chi connectivity index (χ0n) is 20.4. The number of allylic oxidation sites excluding steroid dienone is 2. The highest BCUT2D eigenvalue weighted by Gasteiger charge is 2.31. The number of methoxy groups -OCH3 is 1. The lowest BCUT2D eigenvalue weighted by Gasteiger charge is -2.41. The summed E-state index contributed by atoms with van der Waals surface area (Å²) >= 11 is 12.0. The van der Waals surface area contributed by atoms with E-state index in [1.165, 1.54) is 12.4 Å². The lowest BCUT2D eigenvalue weighted by Crippen LogP contribution is -2.56. The summed E-state index contributed by atoms with van der Waals surface area (Å²) in [5, 5.41) is 3.33. The number of rotatable bonds is 8. The highest BCUT2D eigenvalue weighted by Crippen LogP contribution is 2.31. The van der Waals surface area contributed by atoms with Gasteiger partial charge in [0.25, 0.3) is 0 Å². The van der Waals surface area contributed by atoms with Crippen LogP contribution in [0.4, 0.5) is 15.9 Å². The summed E-state index contributed by atoms with van der Waals surface area (Å²) in [6, 6.07) is 2.87.